The molecule has 5 heteroatoms. The number of morpholine rings is 1. The van der Waals surface area contributed by atoms with E-state index in [0.717, 1.165) is 5.52 Å². The largest absolute Gasteiger partial charge is 0.378 e. The Hall–Kier alpha value is -1.88. The first-order valence-electron chi connectivity index (χ1n) is 6.29. The predicted octanol–water partition coefficient (Wildman–Crippen LogP) is 1.79. The number of ether oxygens (including phenoxy) is 1. The minimum Gasteiger partial charge on any atom is -0.378 e. The van der Waals surface area contributed by atoms with Gasteiger partial charge in [-0.2, -0.15) is 0 Å². The number of fused-ring (bicyclic) bond motifs is 1. The highest BCUT2D eigenvalue weighted by Crippen LogP contribution is 2.22. The molecule has 100 valence electrons. The van der Waals surface area contributed by atoms with Crippen molar-refractivity contribution in [2.45, 2.75) is 0 Å². The molecule has 0 spiro atoms. The summed E-state index contributed by atoms with van der Waals surface area (Å²) < 4.78 is 20.7. The molecular formula is C14H15FN2O2. The van der Waals surface area contributed by atoms with Crippen molar-refractivity contribution in [1.29, 1.82) is 0 Å². The van der Waals surface area contributed by atoms with E-state index in [4.69, 9.17) is 4.74 Å². The van der Waals surface area contributed by atoms with Crippen LogP contribution in [0.3, 0.4) is 0 Å². The molecule has 0 aliphatic carbocycles. The van der Waals surface area contributed by atoms with Gasteiger partial charge in [0.25, 0.3) is 5.91 Å². The van der Waals surface area contributed by atoms with Crippen LogP contribution in [0.1, 0.15) is 10.5 Å². The number of carbonyl (C=O) groups is 1. The molecule has 2 aromatic rings. The zero-order chi connectivity index (χ0) is 13.4. The number of hydrogen-bond acceptors (Lipinski definition) is 2. The van der Waals surface area contributed by atoms with Crippen LogP contribution in [-0.2, 0) is 11.8 Å². The van der Waals surface area contributed by atoms with E-state index in [1.807, 2.05) is 6.07 Å². The molecular weight excluding hydrogens is 247 g/mol. The van der Waals surface area contributed by atoms with Crippen molar-refractivity contribution in [3.63, 3.8) is 0 Å². The van der Waals surface area contributed by atoms with E-state index in [1.165, 1.54) is 6.07 Å². The van der Waals surface area contributed by atoms with Gasteiger partial charge in [-0.3, -0.25) is 4.79 Å². The van der Waals surface area contributed by atoms with Crippen LogP contribution in [0.4, 0.5) is 4.39 Å². The summed E-state index contributed by atoms with van der Waals surface area (Å²) in [5.41, 5.74) is 1.25. The van der Waals surface area contributed by atoms with Crippen LogP contribution < -0.4 is 0 Å². The van der Waals surface area contributed by atoms with E-state index < -0.39 is 0 Å². The maximum absolute atomic E-state index is 13.7. The van der Waals surface area contributed by atoms with E-state index in [-0.39, 0.29) is 11.7 Å². The van der Waals surface area contributed by atoms with Gasteiger partial charge in [0, 0.05) is 25.5 Å². The van der Waals surface area contributed by atoms with Gasteiger partial charge >= 0.3 is 0 Å². The van der Waals surface area contributed by atoms with E-state index in [2.05, 4.69) is 0 Å². The van der Waals surface area contributed by atoms with Gasteiger partial charge in [-0.05, 0) is 18.2 Å². The molecule has 1 saturated heterocycles. The van der Waals surface area contributed by atoms with Crippen molar-refractivity contribution < 1.29 is 13.9 Å². The highest BCUT2D eigenvalue weighted by molar-refractivity contribution is 5.98. The minimum absolute atomic E-state index is 0.0681. The summed E-state index contributed by atoms with van der Waals surface area (Å²) in [6.07, 6.45) is 0. The van der Waals surface area contributed by atoms with Crippen LogP contribution in [-0.4, -0.2) is 41.7 Å². The first-order valence-corrected chi connectivity index (χ1v) is 6.29. The highest BCUT2D eigenvalue weighted by atomic mass is 19.1. The van der Waals surface area contributed by atoms with Crippen molar-refractivity contribution in [2.75, 3.05) is 26.3 Å². The number of nitrogens with zero attached hydrogens (tertiary/aromatic N) is 2. The lowest BCUT2D eigenvalue weighted by molar-refractivity contribution is 0.0297. The molecule has 2 heterocycles. The van der Waals surface area contributed by atoms with Crippen LogP contribution in [0.5, 0.6) is 0 Å². The smallest absolute Gasteiger partial charge is 0.270 e. The first kappa shape index (κ1) is 12.2. The standard InChI is InChI=1S/C14H15FN2O2/c1-16-12-4-2-3-11(15)10(12)9-13(16)14(18)17-5-7-19-8-6-17/h2-4,9H,5-8H2,1H3. The summed E-state index contributed by atoms with van der Waals surface area (Å²) >= 11 is 0. The molecule has 0 bridgehead atoms. The second kappa shape index (κ2) is 4.66. The quantitative estimate of drug-likeness (QED) is 0.785. The van der Waals surface area contributed by atoms with Crippen LogP contribution in [0.25, 0.3) is 10.9 Å². The van der Waals surface area contributed by atoms with Crippen molar-refractivity contribution in [2.24, 2.45) is 7.05 Å². The first-order chi connectivity index (χ1) is 9.18. The zero-order valence-corrected chi connectivity index (χ0v) is 10.7. The Balaban J connectivity index is 2.02. The number of carbonyl (C=O) groups excluding carboxylic acids is 1. The molecule has 3 rings (SSSR count). The molecule has 1 amide bonds. The van der Waals surface area contributed by atoms with Crippen LogP contribution in [0.2, 0.25) is 0 Å². The molecule has 1 aromatic carbocycles. The molecule has 0 atom stereocenters. The normalized spacial score (nSPS) is 16.0. The lowest BCUT2D eigenvalue weighted by Crippen LogP contribution is -2.41. The molecule has 1 aliphatic rings. The molecule has 1 aromatic heterocycles. The molecule has 1 fully saturated rings. The Labute approximate surface area is 110 Å². The van der Waals surface area contributed by atoms with Gasteiger partial charge in [-0.25, -0.2) is 4.39 Å². The maximum atomic E-state index is 13.7. The number of rotatable bonds is 1. The Morgan fingerprint density at radius 2 is 2.05 bits per heavy atom. The average Bonchev–Trinajstić information content (AvgIpc) is 2.78. The summed E-state index contributed by atoms with van der Waals surface area (Å²) in [4.78, 5) is 14.2. The summed E-state index contributed by atoms with van der Waals surface area (Å²) in [5, 5.41) is 0.488. The fourth-order valence-electron chi connectivity index (χ4n) is 2.46. The molecule has 19 heavy (non-hydrogen) atoms. The maximum Gasteiger partial charge on any atom is 0.270 e. The van der Waals surface area contributed by atoms with Gasteiger partial charge in [0.1, 0.15) is 11.5 Å². The number of amides is 1. The summed E-state index contributed by atoms with van der Waals surface area (Å²) in [6.45, 7) is 2.29. The Kier molecular flexibility index (Phi) is 2.98. The van der Waals surface area contributed by atoms with Crippen LogP contribution in [0.15, 0.2) is 24.3 Å². The van der Waals surface area contributed by atoms with E-state index >= 15 is 0 Å². The third kappa shape index (κ3) is 2.00. The van der Waals surface area contributed by atoms with Crippen LogP contribution in [0, 0.1) is 5.82 Å². The Bertz CT molecular complexity index is 630. The predicted molar refractivity (Wildman–Crippen MR) is 69.6 cm³/mol. The van der Waals surface area contributed by atoms with Gasteiger partial charge in [-0.15, -0.1) is 0 Å². The van der Waals surface area contributed by atoms with E-state index in [9.17, 15) is 9.18 Å². The molecule has 0 N–H and O–H groups in total. The fourth-order valence-corrected chi connectivity index (χ4v) is 2.46. The second-order valence-electron chi connectivity index (χ2n) is 4.67. The molecule has 0 saturated carbocycles. The Morgan fingerprint density at radius 3 is 2.74 bits per heavy atom. The lowest BCUT2D eigenvalue weighted by Gasteiger charge is -2.26. The van der Waals surface area contributed by atoms with E-state index in [0.29, 0.717) is 37.4 Å². The number of halogens is 1. The third-order valence-electron chi connectivity index (χ3n) is 3.55. The van der Waals surface area contributed by atoms with Crippen molar-refractivity contribution in [3.05, 3.63) is 35.8 Å². The van der Waals surface area contributed by atoms with Gasteiger partial charge in [-0.1, -0.05) is 6.07 Å². The number of hydrogen-bond donors (Lipinski definition) is 0. The van der Waals surface area contributed by atoms with Gasteiger partial charge in [0.2, 0.25) is 0 Å². The van der Waals surface area contributed by atoms with Gasteiger partial charge in [0.15, 0.2) is 0 Å². The van der Waals surface area contributed by atoms with E-state index in [1.54, 1.807) is 28.6 Å². The van der Waals surface area contributed by atoms with Crippen LogP contribution >= 0.6 is 0 Å². The summed E-state index contributed by atoms with van der Waals surface area (Å²) in [6, 6.07) is 6.50. The Morgan fingerprint density at radius 1 is 1.32 bits per heavy atom. The van der Waals surface area contributed by atoms with Crippen molar-refractivity contribution in [3.8, 4) is 0 Å². The SMILES string of the molecule is Cn1c(C(=O)N2CCOCC2)cc2c(F)cccc21. The fraction of sp³-hybridized carbons (Fsp3) is 0.357. The second-order valence-corrected chi connectivity index (χ2v) is 4.67. The number of aromatic nitrogens is 1. The minimum atomic E-state index is -0.297. The highest BCUT2D eigenvalue weighted by Gasteiger charge is 2.22. The average molecular weight is 262 g/mol. The van der Waals surface area contributed by atoms with Gasteiger partial charge in [0.05, 0.1) is 18.7 Å². The number of benzene rings is 1. The van der Waals surface area contributed by atoms with Gasteiger partial charge < -0.3 is 14.2 Å². The number of aryl methyl sites for hydroxylation is 1. The van der Waals surface area contributed by atoms with Crippen molar-refractivity contribution >= 4 is 16.8 Å². The summed E-state index contributed by atoms with van der Waals surface area (Å²) in [7, 11) is 1.79. The van der Waals surface area contributed by atoms with Crippen molar-refractivity contribution in [1.82, 2.24) is 9.47 Å². The molecule has 4 nitrogen and oxygen atoms in total. The lowest BCUT2D eigenvalue weighted by atomic mass is 10.2. The molecule has 1 aliphatic heterocycles. The third-order valence-corrected chi connectivity index (χ3v) is 3.55. The summed E-state index contributed by atoms with van der Waals surface area (Å²) in [5.74, 6) is -0.365. The topological polar surface area (TPSA) is 34.5 Å². The molecule has 0 radical (unpaired) electrons. The molecule has 0 unspecified atom stereocenters. The monoisotopic (exact) mass is 262 g/mol. The zero-order valence-electron chi connectivity index (χ0n) is 10.7.